The third-order valence-electron chi connectivity index (χ3n) is 2.28. The van der Waals surface area contributed by atoms with E-state index < -0.39 is 9.84 Å². The van der Waals surface area contributed by atoms with Gasteiger partial charge in [-0.05, 0) is 12.8 Å². The van der Waals surface area contributed by atoms with E-state index in [4.69, 9.17) is 5.73 Å². The first kappa shape index (κ1) is 15.4. The molecule has 1 atom stereocenters. The van der Waals surface area contributed by atoms with Crippen molar-refractivity contribution in [3.8, 4) is 0 Å². The van der Waals surface area contributed by atoms with Gasteiger partial charge in [0.2, 0.25) is 5.91 Å². The van der Waals surface area contributed by atoms with E-state index >= 15 is 0 Å². The molecule has 0 radical (unpaired) electrons. The molecule has 0 aliphatic carbocycles. The predicted octanol–water partition coefficient (Wildman–Crippen LogP) is -0.0877. The summed E-state index contributed by atoms with van der Waals surface area (Å²) >= 11 is 0. The zero-order valence-electron chi connectivity index (χ0n) is 10.0. The minimum atomic E-state index is -2.93. The third kappa shape index (κ3) is 7.64. The van der Waals surface area contributed by atoms with Crippen molar-refractivity contribution in [2.24, 2.45) is 11.7 Å². The molecule has 0 aliphatic rings. The number of amides is 1. The molecular formula is C10H22N2O3S. The lowest BCUT2D eigenvalue weighted by molar-refractivity contribution is -0.124. The van der Waals surface area contributed by atoms with Crippen LogP contribution in [0.1, 0.15) is 26.2 Å². The Balaban J connectivity index is 3.80. The molecule has 0 aromatic rings. The van der Waals surface area contributed by atoms with Crippen molar-refractivity contribution < 1.29 is 13.2 Å². The van der Waals surface area contributed by atoms with Crippen LogP contribution in [0.15, 0.2) is 0 Å². The van der Waals surface area contributed by atoms with Gasteiger partial charge in [0, 0.05) is 19.3 Å². The maximum absolute atomic E-state index is 11.5. The van der Waals surface area contributed by atoms with E-state index in [1.807, 2.05) is 6.92 Å². The standard InChI is InChI=1S/C10H22N2O3S/c1-3-5-9(8-11)10(13)12-6-4-7-16(2,14)15/h9H,3-8,11H2,1-2H3,(H,12,13). The predicted molar refractivity (Wildman–Crippen MR) is 64.8 cm³/mol. The first-order chi connectivity index (χ1) is 7.40. The van der Waals surface area contributed by atoms with Crippen molar-refractivity contribution in [3.63, 3.8) is 0 Å². The minimum absolute atomic E-state index is 0.0714. The molecule has 3 N–H and O–H groups in total. The molecule has 96 valence electrons. The van der Waals surface area contributed by atoms with Crippen LogP contribution in [-0.4, -0.2) is 39.4 Å². The largest absolute Gasteiger partial charge is 0.356 e. The summed E-state index contributed by atoms with van der Waals surface area (Å²) in [6, 6.07) is 0. The highest BCUT2D eigenvalue weighted by Gasteiger charge is 2.14. The van der Waals surface area contributed by atoms with Crippen molar-refractivity contribution in [1.29, 1.82) is 0 Å². The number of carbonyl (C=O) groups is 1. The molecule has 1 amide bonds. The summed E-state index contributed by atoms with van der Waals surface area (Å²) < 4.78 is 21.7. The van der Waals surface area contributed by atoms with Crippen LogP contribution in [0, 0.1) is 5.92 Å². The van der Waals surface area contributed by atoms with Crippen LogP contribution in [0.5, 0.6) is 0 Å². The van der Waals surface area contributed by atoms with Crippen LogP contribution in [0.3, 0.4) is 0 Å². The molecule has 0 aromatic heterocycles. The van der Waals surface area contributed by atoms with Crippen LogP contribution in [0.25, 0.3) is 0 Å². The van der Waals surface area contributed by atoms with Gasteiger partial charge in [-0.15, -0.1) is 0 Å². The van der Waals surface area contributed by atoms with E-state index in [1.165, 1.54) is 6.26 Å². The molecule has 0 saturated heterocycles. The fraction of sp³-hybridized carbons (Fsp3) is 0.900. The Bertz CT molecular complexity index is 301. The zero-order valence-corrected chi connectivity index (χ0v) is 10.8. The molecule has 6 heteroatoms. The molecule has 0 heterocycles. The summed E-state index contributed by atoms with van der Waals surface area (Å²) in [7, 11) is -2.93. The van der Waals surface area contributed by atoms with Gasteiger partial charge >= 0.3 is 0 Å². The van der Waals surface area contributed by atoms with Gasteiger partial charge in [-0.25, -0.2) is 8.42 Å². The molecule has 0 bridgehead atoms. The lowest BCUT2D eigenvalue weighted by Crippen LogP contribution is -2.35. The van der Waals surface area contributed by atoms with E-state index in [0.29, 0.717) is 19.5 Å². The number of hydrogen-bond donors (Lipinski definition) is 2. The number of nitrogens with two attached hydrogens (primary N) is 1. The average molecular weight is 250 g/mol. The van der Waals surface area contributed by atoms with E-state index in [2.05, 4.69) is 5.32 Å². The number of rotatable bonds is 8. The molecule has 0 rings (SSSR count). The lowest BCUT2D eigenvalue weighted by Gasteiger charge is -2.13. The van der Waals surface area contributed by atoms with Gasteiger partial charge in [0.15, 0.2) is 0 Å². The summed E-state index contributed by atoms with van der Waals surface area (Å²) in [6.45, 7) is 2.73. The molecule has 0 spiro atoms. The second kappa shape index (κ2) is 7.62. The van der Waals surface area contributed by atoms with Gasteiger partial charge in [-0.1, -0.05) is 13.3 Å². The monoisotopic (exact) mass is 250 g/mol. The van der Waals surface area contributed by atoms with Crippen LogP contribution in [-0.2, 0) is 14.6 Å². The van der Waals surface area contributed by atoms with E-state index in [9.17, 15) is 13.2 Å². The Morgan fingerprint density at radius 2 is 2.06 bits per heavy atom. The fourth-order valence-corrected chi connectivity index (χ4v) is 2.06. The van der Waals surface area contributed by atoms with Crippen LogP contribution in [0.2, 0.25) is 0 Å². The highest BCUT2D eigenvalue weighted by atomic mass is 32.2. The molecule has 5 nitrogen and oxygen atoms in total. The number of carbonyl (C=O) groups excluding carboxylic acids is 1. The summed E-state index contributed by atoms with van der Waals surface area (Å²) in [4.78, 5) is 11.5. The Kier molecular flexibility index (Phi) is 7.33. The summed E-state index contributed by atoms with van der Waals surface area (Å²) in [5, 5.41) is 2.71. The first-order valence-corrected chi connectivity index (χ1v) is 7.62. The van der Waals surface area contributed by atoms with Crippen molar-refractivity contribution in [3.05, 3.63) is 0 Å². The second-order valence-electron chi connectivity index (χ2n) is 4.00. The van der Waals surface area contributed by atoms with Crippen molar-refractivity contribution in [2.45, 2.75) is 26.2 Å². The van der Waals surface area contributed by atoms with Crippen molar-refractivity contribution in [2.75, 3.05) is 25.1 Å². The first-order valence-electron chi connectivity index (χ1n) is 5.56. The summed E-state index contributed by atoms with van der Waals surface area (Å²) in [6.07, 6.45) is 3.33. The average Bonchev–Trinajstić information content (AvgIpc) is 2.19. The zero-order chi connectivity index (χ0) is 12.6. The van der Waals surface area contributed by atoms with Gasteiger partial charge in [0.05, 0.1) is 11.7 Å². The second-order valence-corrected chi connectivity index (χ2v) is 6.26. The maximum atomic E-state index is 11.5. The molecular weight excluding hydrogens is 228 g/mol. The summed E-state index contributed by atoms with van der Waals surface area (Å²) in [5.74, 6) is -0.116. The topological polar surface area (TPSA) is 89.3 Å². The van der Waals surface area contributed by atoms with Gasteiger partial charge in [-0.3, -0.25) is 4.79 Å². The quantitative estimate of drug-likeness (QED) is 0.589. The third-order valence-corrected chi connectivity index (χ3v) is 3.31. The lowest BCUT2D eigenvalue weighted by atomic mass is 10.0. The normalized spacial score (nSPS) is 13.4. The highest BCUT2D eigenvalue weighted by molar-refractivity contribution is 7.90. The van der Waals surface area contributed by atoms with Crippen LogP contribution < -0.4 is 11.1 Å². The van der Waals surface area contributed by atoms with Gasteiger partial charge in [0.25, 0.3) is 0 Å². The Morgan fingerprint density at radius 3 is 2.50 bits per heavy atom. The Hall–Kier alpha value is -0.620. The van der Waals surface area contributed by atoms with E-state index in [0.717, 1.165) is 12.8 Å². The highest BCUT2D eigenvalue weighted by Crippen LogP contribution is 2.04. The Labute approximate surface area is 97.7 Å². The van der Waals surface area contributed by atoms with E-state index in [-0.39, 0.29) is 17.6 Å². The SMILES string of the molecule is CCCC(CN)C(=O)NCCCS(C)(=O)=O. The molecule has 0 fully saturated rings. The van der Waals surface area contributed by atoms with Crippen molar-refractivity contribution >= 4 is 15.7 Å². The number of hydrogen-bond acceptors (Lipinski definition) is 4. The smallest absolute Gasteiger partial charge is 0.224 e. The van der Waals surface area contributed by atoms with E-state index in [1.54, 1.807) is 0 Å². The minimum Gasteiger partial charge on any atom is -0.356 e. The summed E-state index contributed by atoms with van der Waals surface area (Å²) in [5.41, 5.74) is 5.48. The van der Waals surface area contributed by atoms with Gasteiger partial charge in [0.1, 0.15) is 9.84 Å². The Morgan fingerprint density at radius 1 is 1.44 bits per heavy atom. The molecule has 1 unspecified atom stereocenters. The van der Waals surface area contributed by atoms with Gasteiger partial charge in [-0.2, -0.15) is 0 Å². The number of sulfone groups is 1. The molecule has 0 aromatic carbocycles. The van der Waals surface area contributed by atoms with Gasteiger partial charge < -0.3 is 11.1 Å². The van der Waals surface area contributed by atoms with Crippen LogP contribution in [0.4, 0.5) is 0 Å². The maximum Gasteiger partial charge on any atom is 0.224 e. The molecule has 0 aliphatic heterocycles. The molecule has 0 saturated carbocycles. The fourth-order valence-electron chi connectivity index (χ4n) is 1.39. The number of nitrogens with one attached hydrogen (secondary N) is 1. The molecule has 16 heavy (non-hydrogen) atoms. The van der Waals surface area contributed by atoms with Crippen molar-refractivity contribution in [1.82, 2.24) is 5.32 Å². The van der Waals surface area contributed by atoms with Crippen LogP contribution >= 0.6 is 0 Å².